The largest absolute Gasteiger partial charge is 0.479 e. The van der Waals surface area contributed by atoms with Crippen molar-refractivity contribution in [2.24, 2.45) is 0 Å². The fourth-order valence-electron chi connectivity index (χ4n) is 0.607. The summed E-state index contributed by atoms with van der Waals surface area (Å²) in [5, 5.41) is 13.3. The number of carboxylic acids is 1. The molecule has 5 nitrogen and oxygen atoms in total. The molecule has 64 valence electrons. The molecule has 0 aromatic rings. The summed E-state index contributed by atoms with van der Waals surface area (Å²) < 4.78 is 0. The van der Waals surface area contributed by atoms with Crippen LogP contribution < -0.4 is 10.6 Å². The van der Waals surface area contributed by atoms with Crippen molar-refractivity contribution in [3.05, 3.63) is 0 Å². The number of aliphatic carboxylic acids is 1. The average molecular weight is 160 g/mol. The third-order valence-electron chi connectivity index (χ3n) is 1.00. The van der Waals surface area contributed by atoms with Gasteiger partial charge in [-0.2, -0.15) is 0 Å². The van der Waals surface area contributed by atoms with Crippen LogP contribution in [0, 0.1) is 0 Å². The lowest BCUT2D eigenvalue weighted by atomic mass is 10.4. The van der Waals surface area contributed by atoms with Crippen molar-refractivity contribution in [2.45, 2.75) is 20.0 Å². The first-order valence-corrected chi connectivity index (χ1v) is 3.31. The van der Waals surface area contributed by atoms with Crippen molar-refractivity contribution in [1.82, 2.24) is 10.6 Å². The van der Waals surface area contributed by atoms with Crippen LogP contribution in [-0.2, 0) is 9.59 Å². The number of carbonyl (C=O) groups excluding carboxylic acids is 1. The summed E-state index contributed by atoms with van der Waals surface area (Å²) in [6.07, 6.45) is -0.975. The highest BCUT2D eigenvalue weighted by Gasteiger charge is 2.15. The maximum absolute atomic E-state index is 10.4. The topological polar surface area (TPSA) is 78.4 Å². The van der Waals surface area contributed by atoms with Crippen LogP contribution in [0.15, 0.2) is 0 Å². The zero-order valence-electron chi connectivity index (χ0n) is 6.55. The Hall–Kier alpha value is -1.10. The minimum Gasteiger partial charge on any atom is -0.479 e. The van der Waals surface area contributed by atoms with E-state index in [9.17, 15) is 9.59 Å². The molecular formula is C6H12N2O3. The van der Waals surface area contributed by atoms with E-state index in [0.29, 0.717) is 6.54 Å². The molecule has 11 heavy (non-hydrogen) atoms. The van der Waals surface area contributed by atoms with Crippen LogP contribution in [0.25, 0.3) is 0 Å². The molecule has 0 bridgehead atoms. The van der Waals surface area contributed by atoms with Crippen molar-refractivity contribution < 1.29 is 14.7 Å². The van der Waals surface area contributed by atoms with E-state index in [1.807, 2.05) is 0 Å². The Kier molecular flexibility index (Phi) is 4.21. The Morgan fingerprint density at radius 3 is 2.36 bits per heavy atom. The van der Waals surface area contributed by atoms with Gasteiger partial charge in [0.1, 0.15) is 0 Å². The van der Waals surface area contributed by atoms with Crippen LogP contribution in [0.4, 0.5) is 0 Å². The summed E-state index contributed by atoms with van der Waals surface area (Å²) in [6, 6.07) is 0. The van der Waals surface area contributed by atoms with Gasteiger partial charge in [0.25, 0.3) is 0 Å². The molecule has 0 aromatic heterocycles. The summed E-state index contributed by atoms with van der Waals surface area (Å²) in [6.45, 7) is 3.53. The first-order valence-electron chi connectivity index (χ1n) is 3.31. The number of rotatable bonds is 4. The minimum absolute atomic E-state index is 0.363. The van der Waals surface area contributed by atoms with Crippen LogP contribution in [0.2, 0.25) is 0 Å². The smallest absolute Gasteiger partial charge is 0.341 e. The van der Waals surface area contributed by atoms with Gasteiger partial charge in [0.15, 0.2) is 6.17 Å². The van der Waals surface area contributed by atoms with Gasteiger partial charge in [-0.1, -0.05) is 6.92 Å². The lowest BCUT2D eigenvalue weighted by Crippen LogP contribution is -2.49. The second-order valence-electron chi connectivity index (χ2n) is 2.03. The summed E-state index contributed by atoms with van der Waals surface area (Å²) in [4.78, 5) is 20.8. The highest BCUT2D eigenvalue weighted by Crippen LogP contribution is 1.77. The van der Waals surface area contributed by atoms with Gasteiger partial charge < -0.3 is 10.4 Å². The highest BCUT2D eigenvalue weighted by atomic mass is 16.4. The van der Waals surface area contributed by atoms with E-state index in [1.165, 1.54) is 6.92 Å². The van der Waals surface area contributed by atoms with E-state index in [2.05, 4.69) is 10.6 Å². The fourth-order valence-corrected chi connectivity index (χ4v) is 0.607. The first-order chi connectivity index (χ1) is 5.07. The third-order valence-corrected chi connectivity index (χ3v) is 1.00. The second-order valence-corrected chi connectivity index (χ2v) is 2.03. The molecule has 5 heteroatoms. The summed E-state index contributed by atoms with van der Waals surface area (Å²) in [5.74, 6) is -1.44. The Labute approximate surface area is 64.8 Å². The van der Waals surface area contributed by atoms with E-state index in [1.54, 1.807) is 6.92 Å². The van der Waals surface area contributed by atoms with Crippen LogP contribution in [0.5, 0.6) is 0 Å². The number of carboxylic acid groups (broad SMARTS) is 1. The molecule has 0 radical (unpaired) electrons. The van der Waals surface area contributed by atoms with Gasteiger partial charge in [-0.05, 0) is 6.54 Å². The molecule has 1 unspecified atom stereocenters. The lowest BCUT2D eigenvalue weighted by Gasteiger charge is -2.12. The molecular weight excluding hydrogens is 148 g/mol. The lowest BCUT2D eigenvalue weighted by molar-refractivity contribution is -0.142. The number of carbonyl (C=O) groups is 2. The molecule has 0 saturated heterocycles. The Balaban J connectivity index is 3.89. The molecule has 0 heterocycles. The maximum Gasteiger partial charge on any atom is 0.341 e. The molecule has 0 spiro atoms. The summed E-state index contributed by atoms with van der Waals surface area (Å²) in [7, 11) is 0. The molecule has 0 fully saturated rings. The SMILES string of the molecule is CCNC(NC(C)=O)C(=O)O. The van der Waals surface area contributed by atoms with Crippen molar-refractivity contribution in [3.63, 3.8) is 0 Å². The molecule has 0 aliphatic rings. The number of hydrogen-bond acceptors (Lipinski definition) is 3. The van der Waals surface area contributed by atoms with Gasteiger partial charge in [-0.15, -0.1) is 0 Å². The van der Waals surface area contributed by atoms with Crippen molar-refractivity contribution in [1.29, 1.82) is 0 Å². The van der Waals surface area contributed by atoms with Gasteiger partial charge in [-0.25, -0.2) is 4.79 Å². The number of likely N-dealkylation sites (N-methyl/N-ethyl adjacent to an activating group) is 1. The van der Waals surface area contributed by atoms with Crippen LogP contribution in [-0.4, -0.2) is 29.7 Å². The molecule has 0 aliphatic carbocycles. The van der Waals surface area contributed by atoms with Gasteiger partial charge in [0.2, 0.25) is 5.91 Å². The van der Waals surface area contributed by atoms with E-state index in [4.69, 9.17) is 5.11 Å². The number of amides is 1. The molecule has 0 saturated carbocycles. The zero-order valence-corrected chi connectivity index (χ0v) is 6.55. The second kappa shape index (κ2) is 4.68. The Morgan fingerprint density at radius 2 is 2.09 bits per heavy atom. The van der Waals surface area contributed by atoms with Crippen molar-refractivity contribution in [2.75, 3.05) is 6.54 Å². The molecule has 0 aliphatic heterocycles. The molecule has 3 N–H and O–H groups in total. The van der Waals surface area contributed by atoms with Crippen molar-refractivity contribution in [3.8, 4) is 0 Å². The normalized spacial score (nSPS) is 12.2. The number of nitrogens with one attached hydrogen (secondary N) is 2. The average Bonchev–Trinajstić information content (AvgIpc) is 1.86. The van der Waals surface area contributed by atoms with Gasteiger partial charge in [0, 0.05) is 6.92 Å². The summed E-state index contributed by atoms with van der Waals surface area (Å²) >= 11 is 0. The van der Waals surface area contributed by atoms with Gasteiger partial charge in [0.05, 0.1) is 0 Å². The van der Waals surface area contributed by atoms with Gasteiger partial charge in [-0.3, -0.25) is 10.1 Å². The third kappa shape index (κ3) is 4.32. The predicted octanol–water partition coefficient (Wildman–Crippen LogP) is -0.857. The Morgan fingerprint density at radius 1 is 1.55 bits per heavy atom. The van der Waals surface area contributed by atoms with E-state index < -0.39 is 12.1 Å². The maximum atomic E-state index is 10.4. The van der Waals surface area contributed by atoms with E-state index in [-0.39, 0.29) is 5.91 Å². The van der Waals surface area contributed by atoms with Crippen molar-refractivity contribution >= 4 is 11.9 Å². The molecule has 1 atom stereocenters. The van der Waals surface area contributed by atoms with Gasteiger partial charge >= 0.3 is 5.97 Å². The first kappa shape index (κ1) is 9.90. The summed E-state index contributed by atoms with van der Waals surface area (Å²) in [5.41, 5.74) is 0. The quantitative estimate of drug-likeness (QED) is 0.468. The standard InChI is InChI=1S/C6H12N2O3/c1-3-7-5(6(10)11)8-4(2)9/h5,7H,3H2,1-2H3,(H,8,9)(H,10,11). The monoisotopic (exact) mass is 160 g/mol. The predicted molar refractivity (Wildman–Crippen MR) is 38.9 cm³/mol. The Bertz CT molecular complexity index is 158. The highest BCUT2D eigenvalue weighted by molar-refractivity contribution is 5.81. The minimum atomic E-state index is -1.08. The van der Waals surface area contributed by atoms with Crippen LogP contribution in [0.3, 0.4) is 0 Å². The van der Waals surface area contributed by atoms with Crippen LogP contribution in [0.1, 0.15) is 13.8 Å². The number of hydrogen-bond donors (Lipinski definition) is 3. The fraction of sp³-hybridized carbons (Fsp3) is 0.667. The molecule has 1 amide bonds. The van der Waals surface area contributed by atoms with E-state index >= 15 is 0 Å². The van der Waals surface area contributed by atoms with E-state index in [0.717, 1.165) is 0 Å². The zero-order chi connectivity index (χ0) is 8.85. The molecule has 0 aromatic carbocycles. The molecule has 0 rings (SSSR count). The van der Waals surface area contributed by atoms with Crippen LogP contribution >= 0.6 is 0 Å².